The van der Waals surface area contributed by atoms with Crippen LogP contribution in [0.4, 0.5) is 0 Å². The Balaban J connectivity index is 1.77. The van der Waals surface area contributed by atoms with Gasteiger partial charge in [0.2, 0.25) is 0 Å². The van der Waals surface area contributed by atoms with Gasteiger partial charge in [-0.2, -0.15) is 0 Å². The van der Waals surface area contributed by atoms with Gasteiger partial charge < -0.3 is 4.74 Å². The van der Waals surface area contributed by atoms with E-state index in [9.17, 15) is 4.79 Å². The van der Waals surface area contributed by atoms with Gasteiger partial charge in [-0.1, -0.05) is 70.8 Å². The van der Waals surface area contributed by atoms with Gasteiger partial charge in [0.1, 0.15) is 0 Å². The first-order chi connectivity index (χ1) is 15.3. The average Bonchev–Trinajstić information content (AvgIpc) is 2.74. The highest BCUT2D eigenvalue weighted by Gasteiger charge is 2.15. The Morgan fingerprint density at radius 3 is 2.19 bits per heavy atom. The zero-order valence-electron chi connectivity index (χ0n) is 17.4. The number of benzene rings is 4. The van der Waals surface area contributed by atoms with Crippen molar-refractivity contribution in [2.75, 3.05) is 7.11 Å². The van der Waals surface area contributed by atoms with E-state index in [2.05, 4.69) is 24.3 Å². The third-order valence-corrected chi connectivity index (χ3v) is 6.90. The molecule has 0 aromatic heterocycles. The van der Waals surface area contributed by atoms with Crippen LogP contribution in [-0.4, -0.2) is 13.1 Å². The lowest BCUT2D eigenvalue weighted by atomic mass is 9.89. The topological polar surface area (TPSA) is 26.3 Å². The molecule has 0 amide bonds. The predicted octanol–water partition coefficient (Wildman–Crippen LogP) is 8.64. The molecule has 0 atom stereocenters. The van der Waals surface area contributed by atoms with E-state index in [1.165, 1.54) is 7.11 Å². The number of halogens is 3. The SMILES string of the molecule is COC(=O)Cc1cc2ccc(Cl)cc2c(-c2ccc(Sc3cc(Cl)cc(Cl)c3)cc2)c1C. The minimum Gasteiger partial charge on any atom is -0.469 e. The molecular formula is C26H19Cl3O2S. The number of hydrogen-bond acceptors (Lipinski definition) is 3. The van der Waals surface area contributed by atoms with Crippen LogP contribution in [0.3, 0.4) is 0 Å². The summed E-state index contributed by atoms with van der Waals surface area (Å²) in [5, 5.41) is 3.96. The van der Waals surface area contributed by atoms with E-state index in [1.807, 2.05) is 43.3 Å². The van der Waals surface area contributed by atoms with E-state index in [0.717, 1.165) is 42.8 Å². The molecule has 32 heavy (non-hydrogen) atoms. The number of rotatable bonds is 5. The summed E-state index contributed by atoms with van der Waals surface area (Å²) in [7, 11) is 1.41. The first kappa shape index (κ1) is 23.0. The Labute approximate surface area is 206 Å². The second kappa shape index (κ2) is 9.76. The monoisotopic (exact) mass is 500 g/mol. The molecule has 162 valence electrons. The Hall–Kier alpha value is -2.17. The molecule has 0 aliphatic rings. The van der Waals surface area contributed by atoms with Crippen molar-refractivity contribution in [2.24, 2.45) is 0 Å². The van der Waals surface area contributed by atoms with Crippen LogP contribution in [0.1, 0.15) is 11.1 Å². The van der Waals surface area contributed by atoms with Crippen molar-refractivity contribution in [3.63, 3.8) is 0 Å². The summed E-state index contributed by atoms with van der Waals surface area (Å²) in [6.45, 7) is 2.03. The minimum absolute atomic E-state index is 0.220. The lowest BCUT2D eigenvalue weighted by molar-refractivity contribution is -0.139. The van der Waals surface area contributed by atoms with E-state index in [-0.39, 0.29) is 12.4 Å². The second-order valence-corrected chi connectivity index (χ2v) is 9.84. The first-order valence-electron chi connectivity index (χ1n) is 9.87. The molecule has 0 radical (unpaired) electrons. The largest absolute Gasteiger partial charge is 0.469 e. The van der Waals surface area contributed by atoms with Crippen molar-refractivity contribution < 1.29 is 9.53 Å². The summed E-state index contributed by atoms with van der Waals surface area (Å²) in [6, 6.07) is 21.6. The van der Waals surface area contributed by atoms with Gasteiger partial charge in [0.05, 0.1) is 13.5 Å². The molecule has 0 N–H and O–H groups in total. The van der Waals surface area contributed by atoms with Crippen LogP contribution in [0.2, 0.25) is 15.1 Å². The number of hydrogen-bond donors (Lipinski definition) is 0. The normalized spacial score (nSPS) is 11.0. The quantitative estimate of drug-likeness (QED) is 0.256. The summed E-state index contributed by atoms with van der Waals surface area (Å²) < 4.78 is 4.89. The molecule has 0 aliphatic carbocycles. The van der Waals surface area contributed by atoms with E-state index < -0.39 is 0 Å². The molecule has 6 heteroatoms. The summed E-state index contributed by atoms with van der Waals surface area (Å²) in [6.07, 6.45) is 0.220. The molecular weight excluding hydrogens is 483 g/mol. The zero-order chi connectivity index (χ0) is 22.8. The average molecular weight is 502 g/mol. The van der Waals surface area contributed by atoms with Crippen molar-refractivity contribution >= 4 is 63.3 Å². The Morgan fingerprint density at radius 1 is 0.844 bits per heavy atom. The van der Waals surface area contributed by atoms with Crippen molar-refractivity contribution in [3.8, 4) is 11.1 Å². The van der Waals surface area contributed by atoms with Crippen LogP contribution >= 0.6 is 46.6 Å². The minimum atomic E-state index is -0.265. The fraction of sp³-hybridized carbons (Fsp3) is 0.115. The fourth-order valence-electron chi connectivity index (χ4n) is 3.73. The molecule has 0 saturated carbocycles. The van der Waals surface area contributed by atoms with Gasteiger partial charge >= 0.3 is 5.97 Å². The summed E-state index contributed by atoms with van der Waals surface area (Å²) in [5.41, 5.74) is 4.09. The van der Waals surface area contributed by atoms with Crippen LogP contribution in [0, 0.1) is 6.92 Å². The van der Waals surface area contributed by atoms with E-state index in [1.54, 1.807) is 17.8 Å². The molecule has 0 spiro atoms. The maximum atomic E-state index is 12.0. The first-order valence-corrected chi connectivity index (χ1v) is 11.8. The number of esters is 1. The zero-order valence-corrected chi connectivity index (χ0v) is 20.5. The number of fused-ring (bicyclic) bond motifs is 1. The number of carbonyl (C=O) groups excluding carboxylic acids is 1. The Morgan fingerprint density at radius 2 is 1.53 bits per heavy atom. The van der Waals surface area contributed by atoms with Gasteiger partial charge in [0, 0.05) is 24.9 Å². The molecule has 0 saturated heterocycles. The standard InChI is InChI=1S/C26H19Cl3O2S/c1-15-18(10-25(30)31-2)9-17-3-6-19(27)14-24(17)26(15)16-4-7-22(8-5-16)32-23-12-20(28)11-21(29)13-23/h3-9,11-14H,10H2,1-2H3. The molecule has 4 aromatic carbocycles. The maximum absolute atomic E-state index is 12.0. The molecule has 0 fully saturated rings. The number of ether oxygens (including phenoxy) is 1. The molecule has 4 rings (SSSR count). The summed E-state index contributed by atoms with van der Waals surface area (Å²) >= 11 is 20.2. The van der Waals surface area contributed by atoms with Gasteiger partial charge in [-0.3, -0.25) is 4.79 Å². The van der Waals surface area contributed by atoms with Gasteiger partial charge in [-0.25, -0.2) is 0 Å². The third-order valence-electron chi connectivity index (χ3n) is 5.25. The Bertz CT molecular complexity index is 1300. The van der Waals surface area contributed by atoms with Gasteiger partial charge in [-0.05, 0) is 82.4 Å². The molecule has 0 unspecified atom stereocenters. The van der Waals surface area contributed by atoms with Gasteiger partial charge in [-0.15, -0.1) is 0 Å². The van der Waals surface area contributed by atoms with Crippen LogP contribution in [0.5, 0.6) is 0 Å². The third kappa shape index (κ3) is 5.07. The van der Waals surface area contributed by atoms with Gasteiger partial charge in [0.15, 0.2) is 0 Å². The molecule has 4 aromatic rings. The van der Waals surface area contributed by atoms with Crippen LogP contribution in [0.15, 0.2) is 76.5 Å². The van der Waals surface area contributed by atoms with E-state index in [0.29, 0.717) is 15.1 Å². The Kier molecular flexibility index (Phi) is 7.02. The number of carbonyl (C=O) groups is 1. The highest BCUT2D eigenvalue weighted by Crippen LogP contribution is 2.38. The van der Waals surface area contributed by atoms with Crippen LogP contribution < -0.4 is 0 Å². The summed E-state index contributed by atoms with van der Waals surface area (Å²) in [5.74, 6) is -0.265. The summed E-state index contributed by atoms with van der Waals surface area (Å²) in [4.78, 5) is 14.0. The predicted molar refractivity (Wildman–Crippen MR) is 135 cm³/mol. The highest BCUT2D eigenvalue weighted by molar-refractivity contribution is 7.99. The molecule has 0 aliphatic heterocycles. The van der Waals surface area contributed by atoms with Crippen molar-refractivity contribution in [1.29, 1.82) is 0 Å². The van der Waals surface area contributed by atoms with Crippen LogP contribution in [-0.2, 0) is 16.0 Å². The van der Waals surface area contributed by atoms with Crippen LogP contribution in [0.25, 0.3) is 21.9 Å². The maximum Gasteiger partial charge on any atom is 0.309 e. The number of methoxy groups -OCH3 is 1. The second-order valence-electron chi connectivity index (χ2n) is 7.39. The van der Waals surface area contributed by atoms with Crippen molar-refractivity contribution in [2.45, 2.75) is 23.1 Å². The van der Waals surface area contributed by atoms with E-state index >= 15 is 0 Å². The lowest BCUT2D eigenvalue weighted by Crippen LogP contribution is -2.06. The molecule has 0 bridgehead atoms. The smallest absolute Gasteiger partial charge is 0.309 e. The van der Waals surface area contributed by atoms with Crippen molar-refractivity contribution in [3.05, 3.63) is 92.9 Å². The van der Waals surface area contributed by atoms with Crippen molar-refractivity contribution in [1.82, 2.24) is 0 Å². The molecule has 0 heterocycles. The van der Waals surface area contributed by atoms with Gasteiger partial charge in [0.25, 0.3) is 0 Å². The lowest BCUT2D eigenvalue weighted by Gasteiger charge is -2.16. The molecule has 2 nitrogen and oxygen atoms in total. The van der Waals surface area contributed by atoms with E-state index in [4.69, 9.17) is 39.5 Å². The fourth-order valence-corrected chi connectivity index (χ4v) is 5.47. The highest BCUT2D eigenvalue weighted by atomic mass is 35.5.